The van der Waals surface area contributed by atoms with E-state index < -0.39 is 0 Å². The molecule has 0 amide bonds. The number of aromatic nitrogens is 3. The minimum absolute atomic E-state index is 0.336. The van der Waals surface area contributed by atoms with Crippen LogP contribution in [0, 0.1) is 6.92 Å². The van der Waals surface area contributed by atoms with Gasteiger partial charge in [-0.3, -0.25) is 4.98 Å². The average Bonchev–Trinajstić information content (AvgIpc) is 2.48. The van der Waals surface area contributed by atoms with Crippen molar-refractivity contribution in [2.75, 3.05) is 35.2 Å². The van der Waals surface area contributed by atoms with E-state index in [-0.39, 0.29) is 0 Å². The van der Waals surface area contributed by atoms with Crippen molar-refractivity contribution in [1.82, 2.24) is 15.0 Å². The van der Waals surface area contributed by atoms with Crippen molar-refractivity contribution < 1.29 is 0 Å². The minimum Gasteiger partial charge on any atom is -0.368 e. The summed E-state index contributed by atoms with van der Waals surface area (Å²) in [5, 5.41) is 0. The number of thioether (sulfide) groups is 1. The van der Waals surface area contributed by atoms with E-state index >= 15 is 0 Å². The van der Waals surface area contributed by atoms with Crippen molar-refractivity contribution in [2.45, 2.75) is 6.92 Å². The maximum Gasteiger partial charge on any atom is 0.222 e. The van der Waals surface area contributed by atoms with E-state index in [1.165, 1.54) is 0 Å². The van der Waals surface area contributed by atoms with Crippen molar-refractivity contribution in [3.05, 3.63) is 30.2 Å². The summed E-state index contributed by atoms with van der Waals surface area (Å²) in [6.45, 7) is 3.96. The lowest BCUT2D eigenvalue weighted by molar-refractivity contribution is 0.836. The van der Waals surface area contributed by atoms with Gasteiger partial charge in [-0.2, -0.15) is 16.7 Å². The molecule has 2 aromatic heterocycles. The van der Waals surface area contributed by atoms with Crippen LogP contribution in [0.5, 0.6) is 0 Å². The highest BCUT2D eigenvalue weighted by Crippen LogP contribution is 2.32. The quantitative estimate of drug-likeness (QED) is 0.911. The van der Waals surface area contributed by atoms with E-state index in [1.807, 2.05) is 37.0 Å². The number of nitrogens with two attached hydrogens (primary N) is 1. The van der Waals surface area contributed by atoms with Crippen molar-refractivity contribution in [2.24, 2.45) is 0 Å². The molecule has 1 aliphatic rings. The first-order chi connectivity index (χ1) is 9.75. The van der Waals surface area contributed by atoms with Gasteiger partial charge in [-0.25, -0.2) is 4.98 Å². The van der Waals surface area contributed by atoms with Gasteiger partial charge in [0.1, 0.15) is 5.82 Å². The fourth-order valence-corrected chi connectivity index (χ4v) is 3.33. The van der Waals surface area contributed by atoms with E-state index in [0.29, 0.717) is 5.95 Å². The summed E-state index contributed by atoms with van der Waals surface area (Å²) < 4.78 is 0. The van der Waals surface area contributed by atoms with Crippen LogP contribution in [0.3, 0.4) is 0 Å². The van der Waals surface area contributed by atoms with Gasteiger partial charge in [0.2, 0.25) is 5.95 Å². The van der Waals surface area contributed by atoms with Crippen LogP contribution < -0.4 is 10.6 Å². The van der Waals surface area contributed by atoms with Gasteiger partial charge >= 0.3 is 0 Å². The second-order valence-electron chi connectivity index (χ2n) is 4.71. The smallest absolute Gasteiger partial charge is 0.222 e. The highest BCUT2D eigenvalue weighted by atomic mass is 32.2. The summed E-state index contributed by atoms with van der Waals surface area (Å²) in [5.41, 5.74) is 8.83. The van der Waals surface area contributed by atoms with Gasteiger partial charge < -0.3 is 10.6 Å². The molecule has 20 heavy (non-hydrogen) atoms. The fraction of sp³-hybridized carbons (Fsp3) is 0.357. The molecule has 2 aromatic rings. The third kappa shape index (κ3) is 2.56. The molecule has 104 valence electrons. The third-order valence-electron chi connectivity index (χ3n) is 3.35. The molecule has 0 aromatic carbocycles. The summed E-state index contributed by atoms with van der Waals surface area (Å²) in [7, 11) is 0. The SMILES string of the molecule is Cc1nc(N)nc(N2CCSCC2)c1-c1cccnc1. The maximum atomic E-state index is 5.84. The second kappa shape index (κ2) is 5.66. The first-order valence-corrected chi connectivity index (χ1v) is 7.78. The van der Waals surface area contributed by atoms with Crippen molar-refractivity contribution in [1.29, 1.82) is 0 Å². The predicted molar refractivity (Wildman–Crippen MR) is 84.0 cm³/mol. The van der Waals surface area contributed by atoms with Crippen LogP contribution in [0.15, 0.2) is 24.5 Å². The van der Waals surface area contributed by atoms with Crippen LogP contribution >= 0.6 is 11.8 Å². The van der Waals surface area contributed by atoms with Crippen LogP contribution in [-0.2, 0) is 0 Å². The summed E-state index contributed by atoms with van der Waals surface area (Å²) in [6.07, 6.45) is 3.62. The molecular formula is C14H17N5S. The Balaban J connectivity index is 2.12. The van der Waals surface area contributed by atoms with E-state index in [0.717, 1.165) is 47.2 Å². The zero-order valence-corrected chi connectivity index (χ0v) is 12.2. The van der Waals surface area contributed by atoms with Crippen LogP contribution in [0.25, 0.3) is 11.1 Å². The van der Waals surface area contributed by atoms with Gasteiger partial charge in [-0.05, 0) is 13.0 Å². The highest BCUT2D eigenvalue weighted by Gasteiger charge is 2.20. The molecular weight excluding hydrogens is 270 g/mol. The van der Waals surface area contributed by atoms with E-state index in [4.69, 9.17) is 5.73 Å². The number of pyridine rings is 1. The lowest BCUT2D eigenvalue weighted by atomic mass is 10.1. The Morgan fingerprint density at radius 2 is 2.05 bits per heavy atom. The van der Waals surface area contributed by atoms with E-state index in [2.05, 4.69) is 19.9 Å². The summed E-state index contributed by atoms with van der Waals surface area (Å²) >= 11 is 1.97. The molecule has 0 radical (unpaired) electrons. The molecule has 0 aliphatic carbocycles. The molecule has 3 heterocycles. The van der Waals surface area contributed by atoms with Crippen molar-refractivity contribution in [3.63, 3.8) is 0 Å². The number of nitrogen functional groups attached to an aromatic ring is 1. The standard InChI is InChI=1S/C14H17N5S/c1-10-12(11-3-2-4-16-9-11)13(18-14(15)17-10)19-5-7-20-8-6-19/h2-4,9H,5-8H2,1H3,(H2,15,17,18). The Labute approximate surface area is 122 Å². The first-order valence-electron chi connectivity index (χ1n) is 6.63. The summed E-state index contributed by atoms with van der Waals surface area (Å²) in [4.78, 5) is 15.3. The number of anilines is 2. The number of hydrogen-bond acceptors (Lipinski definition) is 6. The fourth-order valence-electron chi connectivity index (χ4n) is 2.43. The largest absolute Gasteiger partial charge is 0.368 e. The molecule has 1 aliphatic heterocycles. The lowest BCUT2D eigenvalue weighted by Crippen LogP contribution is -2.34. The molecule has 0 spiro atoms. The zero-order valence-electron chi connectivity index (χ0n) is 11.4. The van der Waals surface area contributed by atoms with Crippen LogP contribution in [-0.4, -0.2) is 39.5 Å². The average molecular weight is 287 g/mol. The Hall–Kier alpha value is -1.82. The summed E-state index contributed by atoms with van der Waals surface area (Å²) in [5.74, 6) is 3.51. The molecule has 3 rings (SSSR count). The monoisotopic (exact) mass is 287 g/mol. The van der Waals surface area contributed by atoms with Crippen LogP contribution in [0.4, 0.5) is 11.8 Å². The molecule has 5 nitrogen and oxygen atoms in total. The predicted octanol–water partition coefficient (Wildman–Crippen LogP) is 1.98. The Morgan fingerprint density at radius 3 is 2.75 bits per heavy atom. The minimum atomic E-state index is 0.336. The third-order valence-corrected chi connectivity index (χ3v) is 4.29. The Kier molecular flexibility index (Phi) is 3.73. The number of nitrogens with zero attached hydrogens (tertiary/aromatic N) is 4. The number of aryl methyl sites for hydroxylation is 1. The van der Waals surface area contributed by atoms with Gasteiger partial charge in [0, 0.05) is 48.1 Å². The molecule has 1 saturated heterocycles. The summed E-state index contributed by atoms with van der Waals surface area (Å²) in [6, 6.07) is 3.97. The molecule has 6 heteroatoms. The molecule has 1 fully saturated rings. The zero-order chi connectivity index (χ0) is 13.9. The van der Waals surface area contributed by atoms with E-state index in [9.17, 15) is 0 Å². The van der Waals surface area contributed by atoms with Gasteiger partial charge in [-0.15, -0.1) is 0 Å². The number of rotatable bonds is 2. The Bertz CT molecular complexity index is 596. The van der Waals surface area contributed by atoms with E-state index in [1.54, 1.807) is 6.20 Å². The van der Waals surface area contributed by atoms with Crippen LogP contribution in [0.2, 0.25) is 0 Å². The van der Waals surface area contributed by atoms with Gasteiger partial charge in [-0.1, -0.05) is 6.07 Å². The lowest BCUT2D eigenvalue weighted by Gasteiger charge is -2.29. The van der Waals surface area contributed by atoms with Gasteiger partial charge in [0.15, 0.2) is 0 Å². The van der Waals surface area contributed by atoms with Gasteiger partial charge in [0.05, 0.1) is 5.69 Å². The van der Waals surface area contributed by atoms with Crippen LogP contribution in [0.1, 0.15) is 5.69 Å². The molecule has 0 saturated carbocycles. The molecule has 0 bridgehead atoms. The molecule has 0 atom stereocenters. The van der Waals surface area contributed by atoms with Crippen molar-refractivity contribution >= 4 is 23.5 Å². The number of hydrogen-bond donors (Lipinski definition) is 1. The molecule has 0 unspecified atom stereocenters. The van der Waals surface area contributed by atoms with Gasteiger partial charge in [0.25, 0.3) is 0 Å². The normalized spacial score (nSPS) is 15.3. The second-order valence-corrected chi connectivity index (χ2v) is 5.93. The first kappa shape index (κ1) is 13.2. The highest BCUT2D eigenvalue weighted by molar-refractivity contribution is 7.99. The topological polar surface area (TPSA) is 67.9 Å². The molecule has 2 N–H and O–H groups in total. The van der Waals surface area contributed by atoms with Crippen molar-refractivity contribution in [3.8, 4) is 11.1 Å². The Morgan fingerprint density at radius 1 is 1.25 bits per heavy atom. The maximum absolute atomic E-state index is 5.84.